The fourth-order valence-corrected chi connectivity index (χ4v) is 3.48. The number of carbonyl (C=O) groups excluding carboxylic acids is 1. The van der Waals surface area contributed by atoms with Gasteiger partial charge in [0.15, 0.2) is 5.78 Å². The molecule has 0 aromatic heterocycles. The maximum Gasteiger partial charge on any atom is 0.166 e. The van der Waals surface area contributed by atoms with Crippen LogP contribution in [0.15, 0.2) is 22.7 Å². The van der Waals surface area contributed by atoms with Crippen LogP contribution in [0.4, 0.5) is 0 Å². The normalized spacial score (nSPS) is 25.1. The van der Waals surface area contributed by atoms with Crippen LogP contribution in [0.3, 0.4) is 0 Å². The first-order valence-electron chi connectivity index (χ1n) is 6.73. The highest BCUT2D eigenvalue weighted by Gasteiger charge is 2.44. The fourth-order valence-electron chi connectivity index (χ4n) is 3.06. The smallest absolute Gasteiger partial charge is 0.166 e. The summed E-state index contributed by atoms with van der Waals surface area (Å²) in [5, 5.41) is 0.594. The molecule has 2 fully saturated rings. The van der Waals surface area contributed by atoms with Crippen LogP contribution in [0.1, 0.15) is 42.5 Å². The Bertz CT molecular complexity index is 511. The van der Waals surface area contributed by atoms with Crippen molar-refractivity contribution in [2.45, 2.75) is 37.7 Å². The summed E-state index contributed by atoms with van der Waals surface area (Å²) in [5.74, 6) is 0.301. The van der Waals surface area contributed by atoms with Crippen molar-refractivity contribution in [3.63, 3.8) is 0 Å². The SMILES string of the molecule is O=C(c1ccc(Br)c(Cl)c1)C1CCOC2(CCC2)C1. The second-order valence-electron chi connectivity index (χ2n) is 5.57. The molecule has 2 nitrogen and oxygen atoms in total. The van der Waals surface area contributed by atoms with Gasteiger partial charge in [-0.2, -0.15) is 0 Å². The number of hydrogen-bond acceptors (Lipinski definition) is 2. The molecule has 2 aliphatic rings. The van der Waals surface area contributed by atoms with Gasteiger partial charge in [0.1, 0.15) is 0 Å². The van der Waals surface area contributed by atoms with Gasteiger partial charge in [-0.3, -0.25) is 4.79 Å². The summed E-state index contributed by atoms with van der Waals surface area (Å²) in [5.41, 5.74) is 0.729. The molecule has 1 saturated heterocycles. The van der Waals surface area contributed by atoms with Crippen LogP contribution < -0.4 is 0 Å². The number of benzene rings is 1. The zero-order valence-corrected chi connectivity index (χ0v) is 13.0. The first-order valence-corrected chi connectivity index (χ1v) is 7.90. The van der Waals surface area contributed by atoms with E-state index in [0.29, 0.717) is 11.6 Å². The predicted octanol–water partition coefficient (Wildman–Crippen LogP) is 4.63. The van der Waals surface area contributed by atoms with E-state index in [2.05, 4.69) is 15.9 Å². The third-order valence-electron chi connectivity index (χ3n) is 4.33. The third-order valence-corrected chi connectivity index (χ3v) is 5.57. The van der Waals surface area contributed by atoms with Gasteiger partial charge >= 0.3 is 0 Å². The van der Waals surface area contributed by atoms with E-state index < -0.39 is 0 Å². The predicted molar refractivity (Wildman–Crippen MR) is 78.7 cm³/mol. The molecule has 0 N–H and O–H groups in total. The van der Waals surface area contributed by atoms with Crippen LogP contribution in [-0.4, -0.2) is 18.0 Å². The van der Waals surface area contributed by atoms with E-state index in [0.717, 1.165) is 35.7 Å². The molecule has 1 aromatic carbocycles. The molecule has 1 unspecified atom stereocenters. The second kappa shape index (κ2) is 5.19. The van der Waals surface area contributed by atoms with E-state index in [4.69, 9.17) is 16.3 Å². The Hall–Kier alpha value is -0.380. The highest BCUT2D eigenvalue weighted by Crippen LogP contribution is 2.45. The average Bonchev–Trinajstić information content (AvgIpc) is 2.39. The van der Waals surface area contributed by atoms with Crippen molar-refractivity contribution in [3.8, 4) is 0 Å². The van der Waals surface area contributed by atoms with E-state index >= 15 is 0 Å². The van der Waals surface area contributed by atoms with Gasteiger partial charge < -0.3 is 4.74 Å². The lowest BCUT2D eigenvalue weighted by Gasteiger charge is -2.46. The molecular formula is C15H16BrClO2. The molecule has 1 aromatic rings. The molecule has 1 spiro atoms. The number of Topliss-reactive ketones (excluding diaryl/α,β-unsaturated/α-hetero) is 1. The van der Waals surface area contributed by atoms with Crippen molar-refractivity contribution >= 4 is 33.3 Å². The number of ketones is 1. The van der Waals surface area contributed by atoms with Gasteiger partial charge in [-0.15, -0.1) is 0 Å². The van der Waals surface area contributed by atoms with E-state index in [1.807, 2.05) is 12.1 Å². The minimum absolute atomic E-state index is 0.0116. The third kappa shape index (κ3) is 2.61. The summed E-state index contributed by atoms with van der Waals surface area (Å²) < 4.78 is 6.70. The minimum Gasteiger partial charge on any atom is -0.375 e. The van der Waals surface area contributed by atoms with E-state index in [9.17, 15) is 4.79 Å². The summed E-state index contributed by atoms with van der Waals surface area (Å²) >= 11 is 9.42. The number of carbonyl (C=O) groups is 1. The van der Waals surface area contributed by atoms with Crippen LogP contribution in [-0.2, 0) is 4.74 Å². The van der Waals surface area contributed by atoms with Gasteiger partial charge in [0.05, 0.1) is 10.6 Å². The molecule has 0 amide bonds. The van der Waals surface area contributed by atoms with Crippen molar-refractivity contribution in [2.75, 3.05) is 6.61 Å². The number of hydrogen-bond donors (Lipinski definition) is 0. The van der Waals surface area contributed by atoms with Crippen LogP contribution in [0, 0.1) is 5.92 Å². The lowest BCUT2D eigenvalue weighted by atomic mass is 9.70. The molecule has 102 valence electrons. The van der Waals surface area contributed by atoms with Gasteiger partial charge in [-0.05, 0) is 60.2 Å². The second-order valence-corrected chi connectivity index (χ2v) is 6.83. The Labute approximate surface area is 126 Å². The van der Waals surface area contributed by atoms with E-state index in [1.165, 1.54) is 6.42 Å². The first kappa shape index (κ1) is 13.6. The lowest BCUT2D eigenvalue weighted by molar-refractivity contribution is -0.137. The van der Waals surface area contributed by atoms with Crippen molar-refractivity contribution in [1.29, 1.82) is 0 Å². The number of halogens is 2. The largest absolute Gasteiger partial charge is 0.375 e. The van der Waals surface area contributed by atoms with Gasteiger partial charge in [0.2, 0.25) is 0 Å². The van der Waals surface area contributed by atoms with Gasteiger partial charge in [-0.1, -0.05) is 17.7 Å². The zero-order valence-electron chi connectivity index (χ0n) is 10.6. The molecule has 0 bridgehead atoms. The molecular weight excluding hydrogens is 328 g/mol. The standard InChI is InChI=1S/C15H16BrClO2/c16-12-3-2-10(8-13(12)17)14(18)11-4-7-19-15(9-11)5-1-6-15/h2-3,8,11H,1,4-7,9H2. The molecule has 4 heteroatoms. The van der Waals surface area contributed by atoms with E-state index in [-0.39, 0.29) is 17.3 Å². The Morgan fingerprint density at radius 3 is 2.84 bits per heavy atom. The molecule has 1 saturated carbocycles. The highest BCUT2D eigenvalue weighted by molar-refractivity contribution is 9.10. The maximum absolute atomic E-state index is 12.6. The highest BCUT2D eigenvalue weighted by atomic mass is 79.9. The summed E-state index contributed by atoms with van der Waals surface area (Å²) in [6, 6.07) is 5.45. The van der Waals surface area contributed by atoms with Crippen LogP contribution in [0.5, 0.6) is 0 Å². The molecule has 3 rings (SSSR count). The maximum atomic E-state index is 12.6. The van der Waals surface area contributed by atoms with Crippen molar-refractivity contribution < 1.29 is 9.53 Å². The minimum atomic E-state index is 0.0116. The Kier molecular flexibility index (Phi) is 3.71. The summed E-state index contributed by atoms with van der Waals surface area (Å²) in [6.45, 7) is 0.709. The van der Waals surface area contributed by atoms with Gasteiger partial charge in [0.25, 0.3) is 0 Å². The Morgan fingerprint density at radius 1 is 1.42 bits per heavy atom. The van der Waals surface area contributed by atoms with Crippen molar-refractivity contribution in [3.05, 3.63) is 33.3 Å². The van der Waals surface area contributed by atoms with Crippen molar-refractivity contribution in [1.82, 2.24) is 0 Å². The monoisotopic (exact) mass is 342 g/mol. The Balaban J connectivity index is 1.77. The quantitative estimate of drug-likeness (QED) is 0.732. The zero-order chi connectivity index (χ0) is 13.5. The molecule has 19 heavy (non-hydrogen) atoms. The van der Waals surface area contributed by atoms with Crippen LogP contribution in [0.25, 0.3) is 0 Å². The Morgan fingerprint density at radius 2 is 2.21 bits per heavy atom. The molecule has 1 aliphatic carbocycles. The topological polar surface area (TPSA) is 26.3 Å². The number of ether oxygens (including phenoxy) is 1. The molecule has 0 radical (unpaired) electrons. The van der Waals surface area contributed by atoms with Gasteiger partial charge in [0, 0.05) is 22.6 Å². The lowest BCUT2D eigenvalue weighted by Crippen LogP contribution is -2.47. The summed E-state index contributed by atoms with van der Waals surface area (Å²) in [7, 11) is 0. The average molecular weight is 344 g/mol. The molecule has 1 aliphatic heterocycles. The van der Waals surface area contributed by atoms with E-state index in [1.54, 1.807) is 6.07 Å². The first-order chi connectivity index (χ1) is 9.10. The van der Waals surface area contributed by atoms with Crippen molar-refractivity contribution in [2.24, 2.45) is 5.92 Å². The van der Waals surface area contributed by atoms with Crippen LogP contribution >= 0.6 is 27.5 Å². The fraction of sp³-hybridized carbons (Fsp3) is 0.533. The molecule has 1 atom stereocenters. The summed E-state index contributed by atoms with van der Waals surface area (Å²) in [6.07, 6.45) is 5.15. The molecule has 1 heterocycles. The number of rotatable bonds is 2. The van der Waals surface area contributed by atoms with Crippen LogP contribution in [0.2, 0.25) is 5.02 Å². The van der Waals surface area contributed by atoms with Gasteiger partial charge in [-0.25, -0.2) is 0 Å². The summed E-state index contributed by atoms with van der Waals surface area (Å²) in [4.78, 5) is 12.6.